The summed E-state index contributed by atoms with van der Waals surface area (Å²) in [5.74, 6) is 1.62. The van der Waals surface area contributed by atoms with Gasteiger partial charge >= 0.3 is 6.03 Å². The van der Waals surface area contributed by atoms with E-state index in [0.717, 1.165) is 17.0 Å². The highest BCUT2D eigenvalue weighted by Gasteiger charge is 2.17. The van der Waals surface area contributed by atoms with E-state index >= 15 is 0 Å². The summed E-state index contributed by atoms with van der Waals surface area (Å²) in [6.45, 7) is 5.62. The van der Waals surface area contributed by atoms with Crippen molar-refractivity contribution in [1.82, 2.24) is 24.7 Å². The summed E-state index contributed by atoms with van der Waals surface area (Å²) in [6.07, 6.45) is 1.93. The molecular weight excluding hydrogens is 392 g/mol. The Morgan fingerprint density at radius 2 is 1.77 bits per heavy atom. The number of carbonyl (C=O) groups excluding carboxylic acids is 1. The third-order valence-electron chi connectivity index (χ3n) is 4.46. The number of nitrogens with two attached hydrogens (primary N) is 1. The second-order valence-electron chi connectivity index (χ2n) is 7.42. The Balaban J connectivity index is 1.65. The number of aromatic nitrogens is 4. The molecule has 0 aliphatic carbocycles. The molecule has 0 fully saturated rings. The van der Waals surface area contributed by atoms with Crippen LogP contribution in [0.1, 0.15) is 19.7 Å². The summed E-state index contributed by atoms with van der Waals surface area (Å²) < 4.78 is 1.95. The van der Waals surface area contributed by atoms with E-state index in [-0.39, 0.29) is 12.1 Å². The third kappa shape index (κ3) is 4.55. The maximum atomic E-state index is 11.9. The van der Waals surface area contributed by atoms with Crippen molar-refractivity contribution in [3.8, 4) is 11.4 Å². The minimum atomic E-state index is -0.241. The Morgan fingerprint density at radius 3 is 2.48 bits per heavy atom. The van der Waals surface area contributed by atoms with Gasteiger partial charge in [0.05, 0.1) is 5.69 Å². The molecule has 4 aromatic rings. The SMILES string of the molecule is Cc1nc(N)cc(-c2c(Nc3ccc(NC(=O)NC(C)C)cc3)nc3ccccn23)n1. The number of urea groups is 1. The summed E-state index contributed by atoms with van der Waals surface area (Å²) in [7, 11) is 0. The van der Waals surface area contributed by atoms with Crippen LogP contribution in [0.4, 0.5) is 27.8 Å². The van der Waals surface area contributed by atoms with Crippen LogP contribution in [0.25, 0.3) is 17.0 Å². The first-order valence-corrected chi connectivity index (χ1v) is 9.92. The average Bonchev–Trinajstić information content (AvgIpc) is 3.06. The second-order valence-corrected chi connectivity index (χ2v) is 7.42. The van der Waals surface area contributed by atoms with Crippen molar-refractivity contribution < 1.29 is 4.79 Å². The minimum absolute atomic E-state index is 0.0638. The third-order valence-corrected chi connectivity index (χ3v) is 4.46. The van der Waals surface area contributed by atoms with Crippen LogP contribution < -0.4 is 21.7 Å². The molecule has 0 bridgehead atoms. The molecule has 0 aliphatic heterocycles. The van der Waals surface area contributed by atoms with Gasteiger partial charge in [0.15, 0.2) is 5.82 Å². The number of aryl methyl sites for hydroxylation is 1. The van der Waals surface area contributed by atoms with Crippen LogP contribution >= 0.6 is 0 Å². The molecule has 4 rings (SSSR count). The van der Waals surface area contributed by atoms with E-state index in [1.54, 1.807) is 13.0 Å². The Hall–Kier alpha value is -4.14. The molecule has 9 heteroatoms. The van der Waals surface area contributed by atoms with Crippen molar-refractivity contribution in [2.45, 2.75) is 26.8 Å². The number of imidazole rings is 1. The van der Waals surface area contributed by atoms with Crippen LogP contribution in [0.5, 0.6) is 0 Å². The molecule has 1 aromatic carbocycles. The van der Waals surface area contributed by atoms with Crippen LogP contribution in [0.2, 0.25) is 0 Å². The fourth-order valence-corrected chi connectivity index (χ4v) is 3.24. The number of fused-ring (bicyclic) bond motifs is 1. The predicted molar refractivity (Wildman–Crippen MR) is 122 cm³/mol. The number of nitrogen functional groups attached to an aromatic ring is 1. The zero-order valence-electron chi connectivity index (χ0n) is 17.5. The lowest BCUT2D eigenvalue weighted by Crippen LogP contribution is -2.34. The molecule has 0 saturated heterocycles. The van der Waals surface area contributed by atoms with Gasteiger partial charge in [-0.3, -0.25) is 4.40 Å². The van der Waals surface area contributed by atoms with Crippen LogP contribution in [-0.2, 0) is 0 Å². The number of anilines is 4. The Morgan fingerprint density at radius 1 is 1.03 bits per heavy atom. The van der Waals surface area contributed by atoms with Crippen molar-refractivity contribution in [3.63, 3.8) is 0 Å². The van der Waals surface area contributed by atoms with E-state index in [4.69, 9.17) is 10.7 Å². The molecule has 0 saturated carbocycles. The van der Waals surface area contributed by atoms with Crippen molar-refractivity contribution in [1.29, 1.82) is 0 Å². The summed E-state index contributed by atoms with van der Waals surface area (Å²) in [4.78, 5) is 25.3. The highest BCUT2D eigenvalue weighted by molar-refractivity contribution is 5.89. The molecule has 2 amide bonds. The van der Waals surface area contributed by atoms with Gasteiger partial charge in [-0.15, -0.1) is 0 Å². The summed E-state index contributed by atoms with van der Waals surface area (Å²) in [5.41, 5.74) is 9.70. The summed E-state index contributed by atoms with van der Waals surface area (Å²) in [5, 5.41) is 8.95. The molecule has 0 spiro atoms. The van der Waals surface area contributed by atoms with Gasteiger partial charge in [0.25, 0.3) is 0 Å². The molecular formula is C22H24N8O. The number of nitrogens with one attached hydrogen (secondary N) is 3. The lowest BCUT2D eigenvalue weighted by Gasteiger charge is -2.11. The minimum Gasteiger partial charge on any atom is -0.384 e. The van der Waals surface area contributed by atoms with Gasteiger partial charge in [-0.05, 0) is 57.2 Å². The topological polar surface area (TPSA) is 122 Å². The number of pyridine rings is 1. The average molecular weight is 416 g/mol. The monoisotopic (exact) mass is 416 g/mol. The van der Waals surface area contributed by atoms with Gasteiger partial charge in [-0.25, -0.2) is 19.7 Å². The molecule has 3 aromatic heterocycles. The molecule has 9 nitrogen and oxygen atoms in total. The van der Waals surface area contributed by atoms with Crippen LogP contribution in [-0.4, -0.2) is 31.4 Å². The number of hydrogen-bond acceptors (Lipinski definition) is 6. The fraction of sp³-hybridized carbons (Fsp3) is 0.182. The van der Waals surface area contributed by atoms with Crippen molar-refractivity contribution in [2.24, 2.45) is 0 Å². The standard InChI is InChI=1S/C22H24N8O/c1-13(2)24-22(31)28-16-9-7-15(8-10-16)27-21-20(17-12-18(23)26-14(3)25-17)30-11-5-4-6-19(30)29-21/h4-13,27H,1-3H3,(H2,23,25,26)(H2,24,28,31). The van der Waals surface area contributed by atoms with E-state index in [0.29, 0.717) is 28.8 Å². The lowest BCUT2D eigenvalue weighted by atomic mass is 10.2. The summed E-state index contributed by atoms with van der Waals surface area (Å²) in [6, 6.07) is 14.7. The largest absolute Gasteiger partial charge is 0.384 e. The lowest BCUT2D eigenvalue weighted by molar-refractivity contribution is 0.250. The Labute approximate surface area is 179 Å². The highest BCUT2D eigenvalue weighted by Crippen LogP contribution is 2.31. The smallest absolute Gasteiger partial charge is 0.319 e. The molecule has 158 valence electrons. The first-order valence-electron chi connectivity index (χ1n) is 9.92. The van der Waals surface area contributed by atoms with Crippen LogP contribution in [0, 0.1) is 6.92 Å². The van der Waals surface area contributed by atoms with Gasteiger partial charge in [0.2, 0.25) is 0 Å². The van der Waals surface area contributed by atoms with Crippen molar-refractivity contribution in [3.05, 3.63) is 60.6 Å². The summed E-state index contributed by atoms with van der Waals surface area (Å²) >= 11 is 0. The van der Waals surface area contributed by atoms with Crippen LogP contribution in [0.3, 0.4) is 0 Å². The van der Waals surface area contributed by atoms with Crippen molar-refractivity contribution in [2.75, 3.05) is 16.4 Å². The quantitative estimate of drug-likeness (QED) is 0.391. The molecule has 5 N–H and O–H groups in total. The van der Waals surface area contributed by atoms with Gasteiger partial charge in [-0.1, -0.05) is 6.07 Å². The number of rotatable bonds is 5. The second kappa shape index (κ2) is 8.31. The van der Waals surface area contributed by atoms with E-state index < -0.39 is 0 Å². The van der Waals surface area contributed by atoms with Crippen LogP contribution in [0.15, 0.2) is 54.7 Å². The first-order chi connectivity index (χ1) is 14.9. The molecule has 0 radical (unpaired) electrons. The molecule has 0 aliphatic rings. The van der Waals surface area contributed by atoms with E-state index in [1.165, 1.54) is 0 Å². The van der Waals surface area contributed by atoms with Gasteiger partial charge in [-0.2, -0.15) is 0 Å². The highest BCUT2D eigenvalue weighted by atomic mass is 16.2. The maximum absolute atomic E-state index is 11.9. The zero-order valence-corrected chi connectivity index (χ0v) is 17.5. The van der Waals surface area contributed by atoms with Gasteiger partial charge in [0, 0.05) is 29.7 Å². The molecule has 3 heterocycles. The van der Waals surface area contributed by atoms with Gasteiger partial charge in [0.1, 0.15) is 23.0 Å². The number of nitrogens with zero attached hydrogens (tertiary/aromatic N) is 4. The number of amides is 2. The van der Waals surface area contributed by atoms with E-state index in [2.05, 4.69) is 25.9 Å². The number of benzene rings is 1. The molecule has 0 unspecified atom stereocenters. The first kappa shape index (κ1) is 20.1. The van der Waals surface area contributed by atoms with E-state index in [9.17, 15) is 4.79 Å². The number of hydrogen-bond donors (Lipinski definition) is 4. The normalized spacial score (nSPS) is 11.0. The van der Waals surface area contributed by atoms with Gasteiger partial charge < -0.3 is 21.7 Å². The molecule has 31 heavy (non-hydrogen) atoms. The number of carbonyl (C=O) groups is 1. The predicted octanol–water partition coefficient (Wildman–Crippen LogP) is 3.96. The molecule has 0 atom stereocenters. The maximum Gasteiger partial charge on any atom is 0.319 e. The van der Waals surface area contributed by atoms with E-state index in [1.807, 2.05) is 66.9 Å². The Bertz CT molecular complexity index is 1210. The fourth-order valence-electron chi connectivity index (χ4n) is 3.24. The zero-order chi connectivity index (χ0) is 22.0. The Kier molecular flexibility index (Phi) is 5.40. The van der Waals surface area contributed by atoms with Crippen molar-refractivity contribution >= 4 is 34.7 Å².